The van der Waals surface area contributed by atoms with Crippen LogP contribution in [0, 0.1) is 5.82 Å². The van der Waals surface area contributed by atoms with Crippen LogP contribution in [0.2, 0.25) is 0 Å². The number of rotatable bonds is 4. The van der Waals surface area contributed by atoms with Gasteiger partial charge in [-0.2, -0.15) is 0 Å². The van der Waals surface area contributed by atoms with Gasteiger partial charge in [0.25, 0.3) is 0 Å². The van der Waals surface area contributed by atoms with E-state index in [4.69, 9.17) is 5.73 Å². The average molecular weight is 315 g/mol. The highest BCUT2D eigenvalue weighted by atomic mass is 79.9. The molecular formula is C12H12BrFN2S. The van der Waals surface area contributed by atoms with Crippen molar-refractivity contribution in [2.45, 2.75) is 6.42 Å². The van der Waals surface area contributed by atoms with Crippen molar-refractivity contribution in [1.29, 1.82) is 0 Å². The number of nitrogen functional groups attached to an aromatic ring is 1. The third-order valence-corrected chi connectivity index (χ3v) is 4.08. The van der Waals surface area contributed by atoms with Gasteiger partial charge in [0.1, 0.15) is 5.82 Å². The zero-order valence-electron chi connectivity index (χ0n) is 9.04. The molecule has 17 heavy (non-hydrogen) atoms. The van der Waals surface area contributed by atoms with Gasteiger partial charge in [0, 0.05) is 21.3 Å². The first-order chi connectivity index (χ1) is 8.15. The van der Waals surface area contributed by atoms with Crippen LogP contribution in [0.15, 0.2) is 34.1 Å². The molecule has 90 valence electrons. The van der Waals surface area contributed by atoms with Gasteiger partial charge >= 0.3 is 0 Å². The molecule has 2 rings (SSSR count). The Labute approximate surface area is 112 Å². The first-order valence-electron chi connectivity index (χ1n) is 5.17. The largest absolute Gasteiger partial charge is 0.397 e. The molecule has 5 heteroatoms. The normalized spacial score (nSPS) is 10.5. The highest BCUT2D eigenvalue weighted by Crippen LogP contribution is 2.22. The number of hydrogen-bond acceptors (Lipinski definition) is 3. The number of halogens is 2. The molecule has 3 N–H and O–H groups in total. The maximum atomic E-state index is 13.0. The number of nitrogens with one attached hydrogen (secondary N) is 1. The molecule has 2 nitrogen and oxygen atoms in total. The summed E-state index contributed by atoms with van der Waals surface area (Å²) in [6.07, 6.45) is 0.895. The van der Waals surface area contributed by atoms with Crippen molar-refractivity contribution >= 4 is 38.6 Å². The topological polar surface area (TPSA) is 38.0 Å². The predicted octanol–water partition coefficient (Wildman–Crippen LogP) is 3.89. The number of anilines is 2. The van der Waals surface area contributed by atoms with E-state index in [0.717, 1.165) is 17.4 Å². The van der Waals surface area contributed by atoms with Crippen molar-refractivity contribution in [2.24, 2.45) is 0 Å². The first kappa shape index (κ1) is 12.4. The summed E-state index contributed by atoms with van der Waals surface area (Å²) in [5.41, 5.74) is 6.96. The second-order valence-electron chi connectivity index (χ2n) is 3.64. The minimum atomic E-state index is -0.277. The minimum absolute atomic E-state index is 0.277. The number of benzene rings is 1. The van der Waals surface area contributed by atoms with Crippen LogP contribution in [-0.2, 0) is 6.42 Å². The fourth-order valence-electron chi connectivity index (χ4n) is 1.49. The summed E-state index contributed by atoms with van der Waals surface area (Å²) in [6.45, 7) is 0.737. The summed E-state index contributed by atoms with van der Waals surface area (Å²) in [5.74, 6) is -0.277. The predicted molar refractivity (Wildman–Crippen MR) is 75.0 cm³/mol. The molecule has 0 aliphatic heterocycles. The van der Waals surface area contributed by atoms with Gasteiger partial charge in [0.05, 0.1) is 11.4 Å². The van der Waals surface area contributed by atoms with E-state index in [1.54, 1.807) is 17.4 Å². The standard InChI is InChI=1S/C12H12BrFN2S/c13-8-5-10(17-7-8)3-4-16-12-6-9(14)1-2-11(12)15/h1-2,5-7,16H,3-4,15H2. The van der Waals surface area contributed by atoms with Gasteiger partial charge in [-0.15, -0.1) is 11.3 Å². The Morgan fingerprint density at radius 1 is 1.35 bits per heavy atom. The molecule has 1 heterocycles. The monoisotopic (exact) mass is 314 g/mol. The summed E-state index contributed by atoms with van der Waals surface area (Å²) in [5, 5.41) is 5.19. The fourth-order valence-corrected chi connectivity index (χ4v) is 2.94. The first-order valence-corrected chi connectivity index (χ1v) is 6.84. The summed E-state index contributed by atoms with van der Waals surface area (Å²) >= 11 is 5.11. The number of thiophene rings is 1. The molecule has 1 aromatic carbocycles. The highest BCUT2D eigenvalue weighted by molar-refractivity contribution is 9.10. The summed E-state index contributed by atoms with van der Waals surface area (Å²) in [4.78, 5) is 1.28. The lowest BCUT2D eigenvalue weighted by Gasteiger charge is -2.08. The van der Waals surface area contributed by atoms with Crippen LogP contribution in [0.5, 0.6) is 0 Å². The zero-order valence-corrected chi connectivity index (χ0v) is 11.4. The van der Waals surface area contributed by atoms with E-state index in [9.17, 15) is 4.39 Å². The molecular weight excluding hydrogens is 303 g/mol. The van der Waals surface area contributed by atoms with Crippen LogP contribution in [0.1, 0.15) is 4.88 Å². The maximum Gasteiger partial charge on any atom is 0.125 e. The molecule has 2 aromatic rings. The van der Waals surface area contributed by atoms with Crippen molar-refractivity contribution < 1.29 is 4.39 Å². The molecule has 0 saturated heterocycles. The Bertz CT molecular complexity index is 513. The molecule has 0 unspecified atom stereocenters. The van der Waals surface area contributed by atoms with Crippen molar-refractivity contribution in [1.82, 2.24) is 0 Å². The number of hydrogen-bond donors (Lipinski definition) is 2. The molecule has 1 aromatic heterocycles. The van der Waals surface area contributed by atoms with E-state index in [1.807, 2.05) is 5.38 Å². The van der Waals surface area contributed by atoms with Crippen LogP contribution < -0.4 is 11.1 Å². The molecule has 0 fully saturated rings. The van der Waals surface area contributed by atoms with E-state index in [2.05, 4.69) is 27.3 Å². The Kier molecular flexibility index (Phi) is 4.02. The SMILES string of the molecule is Nc1ccc(F)cc1NCCc1cc(Br)cs1. The van der Waals surface area contributed by atoms with Gasteiger partial charge in [-0.25, -0.2) is 4.39 Å². The van der Waals surface area contributed by atoms with Crippen LogP contribution in [0.4, 0.5) is 15.8 Å². The van der Waals surface area contributed by atoms with E-state index < -0.39 is 0 Å². The van der Waals surface area contributed by atoms with Crippen molar-refractivity contribution in [3.8, 4) is 0 Å². The van der Waals surface area contributed by atoms with Gasteiger partial charge in [-0.1, -0.05) is 0 Å². The van der Waals surface area contributed by atoms with Crippen molar-refractivity contribution in [3.05, 3.63) is 44.8 Å². The van der Waals surface area contributed by atoms with Crippen LogP contribution in [0.25, 0.3) is 0 Å². The van der Waals surface area contributed by atoms with Gasteiger partial charge in [0.2, 0.25) is 0 Å². The third kappa shape index (κ3) is 3.44. The van der Waals surface area contributed by atoms with Gasteiger partial charge in [-0.3, -0.25) is 0 Å². The summed E-state index contributed by atoms with van der Waals surface area (Å²) in [7, 11) is 0. The Morgan fingerprint density at radius 2 is 2.18 bits per heavy atom. The van der Waals surface area contributed by atoms with Crippen LogP contribution in [-0.4, -0.2) is 6.54 Å². The van der Waals surface area contributed by atoms with Crippen molar-refractivity contribution in [2.75, 3.05) is 17.6 Å². The summed E-state index contributed by atoms with van der Waals surface area (Å²) < 4.78 is 14.1. The average Bonchev–Trinajstić information content (AvgIpc) is 2.69. The van der Waals surface area contributed by atoms with Gasteiger partial charge in [-0.05, 0) is 46.6 Å². The molecule has 0 atom stereocenters. The second-order valence-corrected chi connectivity index (χ2v) is 5.55. The molecule has 0 amide bonds. The minimum Gasteiger partial charge on any atom is -0.397 e. The van der Waals surface area contributed by atoms with Gasteiger partial charge < -0.3 is 11.1 Å². The molecule has 0 bridgehead atoms. The van der Waals surface area contributed by atoms with E-state index >= 15 is 0 Å². The smallest absolute Gasteiger partial charge is 0.125 e. The third-order valence-electron chi connectivity index (χ3n) is 2.32. The molecule has 0 spiro atoms. The Morgan fingerprint density at radius 3 is 2.88 bits per heavy atom. The van der Waals surface area contributed by atoms with Crippen LogP contribution in [0.3, 0.4) is 0 Å². The van der Waals surface area contributed by atoms with E-state index in [0.29, 0.717) is 11.4 Å². The molecule has 0 radical (unpaired) electrons. The lowest BCUT2D eigenvalue weighted by molar-refractivity contribution is 0.628. The zero-order chi connectivity index (χ0) is 12.3. The lowest BCUT2D eigenvalue weighted by atomic mass is 10.2. The summed E-state index contributed by atoms with van der Waals surface area (Å²) in [6, 6.07) is 6.43. The lowest BCUT2D eigenvalue weighted by Crippen LogP contribution is -2.06. The Hall–Kier alpha value is -1.07. The van der Waals surface area contributed by atoms with Crippen molar-refractivity contribution in [3.63, 3.8) is 0 Å². The number of nitrogens with two attached hydrogens (primary N) is 1. The molecule has 0 aliphatic carbocycles. The van der Waals surface area contributed by atoms with Gasteiger partial charge in [0.15, 0.2) is 0 Å². The second kappa shape index (κ2) is 5.51. The molecule has 0 aliphatic rings. The fraction of sp³-hybridized carbons (Fsp3) is 0.167. The maximum absolute atomic E-state index is 13.0. The van der Waals surface area contributed by atoms with Crippen LogP contribution >= 0.6 is 27.3 Å². The van der Waals surface area contributed by atoms with E-state index in [-0.39, 0.29) is 5.82 Å². The van der Waals surface area contributed by atoms with E-state index in [1.165, 1.54) is 17.0 Å². The molecule has 0 saturated carbocycles. The Balaban J connectivity index is 1.91. The quantitative estimate of drug-likeness (QED) is 0.840. The highest BCUT2D eigenvalue weighted by Gasteiger charge is 2.01.